The van der Waals surface area contributed by atoms with Crippen LogP contribution in [0.4, 0.5) is 5.69 Å². The zero-order chi connectivity index (χ0) is 18.8. The summed E-state index contributed by atoms with van der Waals surface area (Å²) in [6.45, 7) is 1.60. The van der Waals surface area contributed by atoms with E-state index in [1.54, 1.807) is 24.3 Å². The van der Waals surface area contributed by atoms with Gasteiger partial charge in [-0.3, -0.25) is 9.59 Å². The number of fused-ring (bicyclic) bond motifs is 1. The zero-order valence-corrected chi connectivity index (χ0v) is 16.3. The topological polar surface area (TPSA) is 49.4 Å². The fourth-order valence-corrected chi connectivity index (χ4v) is 4.77. The van der Waals surface area contributed by atoms with Gasteiger partial charge >= 0.3 is 0 Å². The van der Waals surface area contributed by atoms with Crippen molar-refractivity contribution in [2.24, 2.45) is 0 Å². The van der Waals surface area contributed by atoms with Crippen molar-refractivity contribution in [1.82, 2.24) is 4.90 Å². The first-order valence-corrected chi connectivity index (χ1v) is 10.2. The first kappa shape index (κ1) is 18.0. The first-order chi connectivity index (χ1) is 13.1. The molecule has 0 saturated carbocycles. The lowest BCUT2D eigenvalue weighted by atomic mass is 10.1. The van der Waals surface area contributed by atoms with Gasteiger partial charge in [0, 0.05) is 34.4 Å². The van der Waals surface area contributed by atoms with E-state index >= 15 is 0 Å². The highest BCUT2D eigenvalue weighted by Gasteiger charge is 2.20. The van der Waals surface area contributed by atoms with Gasteiger partial charge in [0.2, 0.25) is 0 Å². The van der Waals surface area contributed by atoms with Crippen molar-refractivity contribution in [3.05, 3.63) is 64.0 Å². The van der Waals surface area contributed by atoms with Gasteiger partial charge in [-0.05, 0) is 43.5 Å². The minimum absolute atomic E-state index is 0.0192. The maximum Gasteiger partial charge on any atom is 0.267 e. The summed E-state index contributed by atoms with van der Waals surface area (Å²) >= 11 is 7.76. The molecule has 0 spiro atoms. The van der Waals surface area contributed by atoms with Crippen LogP contribution in [-0.4, -0.2) is 29.8 Å². The van der Waals surface area contributed by atoms with E-state index in [-0.39, 0.29) is 11.8 Å². The van der Waals surface area contributed by atoms with Gasteiger partial charge < -0.3 is 10.2 Å². The molecule has 4 rings (SSSR count). The fraction of sp³-hybridized carbons (Fsp3) is 0.238. The Hall–Kier alpha value is -2.37. The second-order valence-corrected chi connectivity index (χ2v) is 8.06. The van der Waals surface area contributed by atoms with Crippen LogP contribution in [-0.2, 0) is 0 Å². The van der Waals surface area contributed by atoms with E-state index in [1.807, 2.05) is 29.2 Å². The number of likely N-dealkylation sites (tertiary alicyclic amines) is 1. The standard InChI is InChI=1S/C21H19ClN2O2S/c22-18-16-9-2-3-10-17(16)27-19(18)20(25)23-15-8-6-7-14(13-15)21(26)24-11-4-1-5-12-24/h2-3,6-10,13H,1,4-5,11-12H2,(H,23,25). The monoisotopic (exact) mass is 398 g/mol. The van der Waals surface area contributed by atoms with Gasteiger partial charge in [0.05, 0.1) is 5.02 Å². The number of thiophene rings is 1. The normalized spacial score (nSPS) is 14.3. The van der Waals surface area contributed by atoms with Crippen LogP contribution in [0.5, 0.6) is 0 Å². The lowest BCUT2D eigenvalue weighted by Crippen LogP contribution is -2.35. The van der Waals surface area contributed by atoms with Crippen LogP contribution in [0.25, 0.3) is 10.1 Å². The van der Waals surface area contributed by atoms with Crippen molar-refractivity contribution in [2.45, 2.75) is 19.3 Å². The largest absolute Gasteiger partial charge is 0.339 e. The molecule has 0 radical (unpaired) electrons. The van der Waals surface area contributed by atoms with Crippen LogP contribution in [0, 0.1) is 0 Å². The van der Waals surface area contributed by atoms with Gasteiger partial charge in [0.1, 0.15) is 4.88 Å². The maximum absolute atomic E-state index is 12.7. The Morgan fingerprint density at radius 2 is 1.78 bits per heavy atom. The smallest absolute Gasteiger partial charge is 0.267 e. The minimum Gasteiger partial charge on any atom is -0.339 e. The number of carbonyl (C=O) groups excluding carboxylic acids is 2. The number of anilines is 1. The van der Waals surface area contributed by atoms with E-state index in [0.29, 0.717) is 21.2 Å². The molecule has 0 unspecified atom stereocenters. The number of halogens is 1. The number of nitrogens with one attached hydrogen (secondary N) is 1. The molecule has 0 atom stereocenters. The molecule has 0 bridgehead atoms. The van der Waals surface area contributed by atoms with E-state index in [4.69, 9.17) is 11.6 Å². The van der Waals surface area contributed by atoms with Crippen LogP contribution in [0.2, 0.25) is 5.02 Å². The molecule has 1 fully saturated rings. The number of nitrogens with zero attached hydrogens (tertiary/aromatic N) is 1. The molecule has 4 nitrogen and oxygen atoms in total. The zero-order valence-electron chi connectivity index (χ0n) is 14.7. The van der Waals surface area contributed by atoms with Gasteiger partial charge in [-0.15, -0.1) is 11.3 Å². The van der Waals surface area contributed by atoms with Gasteiger partial charge in [0.25, 0.3) is 11.8 Å². The van der Waals surface area contributed by atoms with E-state index in [2.05, 4.69) is 5.32 Å². The average Bonchev–Trinajstić information content (AvgIpc) is 3.05. The highest BCUT2D eigenvalue weighted by Crippen LogP contribution is 2.35. The molecule has 2 aromatic carbocycles. The number of benzene rings is 2. The number of hydrogen-bond donors (Lipinski definition) is 1. The molecular formula is C21H19ClN2O2S. The van der Waals surface area contributed by atoms with Crippen LogP contribution in [0.3, 0.4) is 0 Å². The third-order valence-corrected chi connectivity index (χ3v) is 6.43. The van der Waals surface area contributed by atoms with Crippen molar-refractivity contribution < 1.29 is 9.59 Å². The van der Waals surface area contributed by atoms with E-state index in [0.717, 1.165) is 36.0 Å². The Kier molecular flexibility index (Phi) is 5.14. The molecule has 1 N–H and O–H groups in total. The summed E-state index contributed by atoms with van der Waals surface area (Å²) in [6.07, 6.45) is 3.27. The Morgan fingerprint density at radius 3 is 2.56 bits per heavy atom. The molecular weight excluding hydrogens is 380 g/mol. The van der Waals surface area contributed by atoms with Crippen LogP contribution >= 0.6 is 22.9 Å². The molecule has 2 amide bonds. The predicted molar refractivity (Wildman–Crippen MR) is 111 cm³/mol. The first-order valence-electron chi connectivity index (χ1n) is 9.01. The molecule has 27 heavy (non-hydrogen) atoms. The van der Waals surface area contributed by atoms with Gasteiger partial charge in [-0.2, -0.15) is 0 Å². The van der Waals surface area contributed by atoms with Gasteiger partial charge in [0.15, 0.2) is 0 Å². The number of piperidine rings is 1. The highest BCUT2D eigenvalue weighted by molar-refractivity contribution is 7.21. The molecule has 138 valence electrons. The molecule has 1 saturated heterocycles. The Morgan fingerprint density at radius 1 is 1.00 bits per heavy atom. The van der Waals surface area contributed by atoms with Crippen molar-refractivity contribution in [2.75, 3.05) is 18.4 Å². The Labute approximate surface area is 166 Å². The van der Waals surface area contributed by atoms with E-state index in [9.17, 15) is 9.59 Å². The highest BCUT2D eigenvalue weighted by atomic mass is 35.5. The number of carbonyl (C=O) groups is 2. The molecule has 3 aromatic rings. The Bertz CT molecular complexity index is 1010. The summed E-state index contributed by atoms with van der Waals surface area (Å²) < 4.78 is 0.974. The molecule has 0 aliphatic carbocycles. The van der Waals surface area contributed by atoms with Crippen LogP contribution in [0.1, 0.15) is 39.3 Å². The summed E-state index contributed by atoms with van der Waals surface area (Å²) in [6, 6.07) is 14.8. The average molecular weight is 399 g/mol. The van der Waals surface area contributed by atoms with Gasteiger partial charge in [-0.25, -0.2) is 0 Å². The molecule has 2 heterocycles. The van der Waals surface area contributed by atoms with Crippen LogP contribution < -0.4 is 5.32 Å². The lowest BCUT2D eigenvalue weighted by Gasteiger charge is -2.26. The maximum atomic E-state index is 12.7. The fourth-order valence-electron chi connectivity index (χ4n) is 3.36. The molecule has 1 aromatic heterocycles. The third kappa shape index (κ3) is 3.70. The van der Waals surface area contributed by atoms with Gasteiger partial charge in [-0.1, -0.05) is 35.9 Å². The van der Waals surface area contributed by atoms with E-state index < -0.39 is 0 Å². The molecule has 1 aliphatic heterocycles. The van der Waals surface area contributed by atoms with Crippen LogP contribution in [0.15, 0.2) is 48.5 Å². The lowest BCUT2D eigenvalue weighted by molar-refractivity contribution is 0.0724. The van der Waals surface area contributed by atoms with Crippen molar-refractivity contribution in [3.63, 3.8) is 0 Å². The summed E-state index contributed by atoms with van der Waals surface area (Å²) in [7, 11) is 0. The number of amides is 2. The molecule has 1 aliphatic rings. The SMILES string of the molecule is O=C(Nc1cccc(C(=O)N2CCCCC2)c1)c1sc2ccccc2c1Cl. The number of hydrogen-bond acceptors (Lipinski definition) is 3. The van der Waals surface area contributed by atoms with Crippen molar-refractivity contribution >= 4 is 50.5 Å². The van der Waals surface area contributed by atoms with E-state index in [1.165, 1.54) is 17.8 Å². The predicted octanol–water partition coefficient (Wildman–Crippen LogP) is 5.43. The quantitative estimate of drug-likeness (QED) is 0.639. The third-order valence-electron chi connectivity index (χ3n) is 4.75. The minimum atomic E-state index is -0.260. The summed E-state index contributed by atoms with van der Waals surface area (Å²) in [4.78, 5) is 27.7. The van der Waals surface area contributed by atoms with Crippen molar-refractivity contribution in [1.29, 1.82) is 0 Å². The number of rotatable bonds is 3. The second-order valence-electron chi connectivity index (χ2n) is 6.63. The Balaban J connectivity index is 1.54. The summed E-state index contributed by atoms with van der Waals surface area (Å²) in [5, 5.41) is 4.22. The summed E-state index contributed by atoms with van der Waals surface area (Å²) in [5.74, 6) is -0.241. The summed E-state index contributed by atoms with van der Waals surface area (Å²) in [5.41, 5.74) is 1.19. The second kappa shape index (κ2) is 7.71. The molecule has 6 heteroatoms. The van der Waals surface area contributed by atoms with Crippen molar-refractivity contribution in [3.8, 4) is 0 Å².